The van der Waals surface area contributed by atoms with Gasteiger partial charge in [-0.1, -0.05) is 29.8 Å². The molecule has 0 radical (unpaired) electrons. The lowest BCUT2D eigenvalue weighted by molar-refractivity contribution is -0.140. The Balaban J connectivity index is 1.34. The molecule has 7 nitrogen and oxygen atoms in total. The lowest BCUT2D eigenvalue weighted by Gasteiger charge is -2.40. The Labute approximate surface area is 196 Å². The van der Waals surface area contributed by atoms with E-state index in [1.54, 1.807) is 0 Å². The third kappa shape index (κ3) is 4.89. The number of aryl methyl sites for hydroxylation is 1. The SMILES string of the molecule is Cc1cccc([C@H]2CNCC[C@@H]2C(=O)N2Cc3nc(NC4CCOCC4)ncc3C[C@H]2C)c1. The first kappa shape index (κ1) is 22.3. The topological polar surface area (TPSA) is 79.4 Å². The Kier molecular flexibility index (Phi) is 6.60. The summed E-state index contributed by atoms with van der Waals surface area (Å²) in [6.45, 7) is 8.12. The summed E-state index contributed by atoms with van der Waals surface area (Å²) in [7, 11) is 0. The van der Waals surface area contributed by atoms with Crippen molar-refractivity contribution in [3.05, 3.63) is 52.8 Å². The number of hydrogen-bond donors (Lipinski definition) is 2. The highest BCUT2D eigenvalue weighted by Crippen LogP contribution is 2.34. The summed E-state index contributed by atoms with van der Waals surface area (Å²) in [4.78, 5) is 25.3. The molecular formula is C26H35N5O2. The van der Waals surface area contributed by atoms with Crippen LogP contribution in [0.4, 0.5) is 5.95 Å². The predicted molar refractivity (Wildman–Crippen MR) is 128 cm³/mol. The van der Waals surface area contributed by atoms with Crippen molar-refractivity contribution < 1.29 is 9.53 Å². The Morgan fingerprint density at radius 3 is 2.91 bits per heavy atom. The molecule has 0 saturated carbocycles. The molecule has 2 N–H and O–H groups in total. The zero-order chi connectivity index (χ0) is 22.8. The molecule has 2 saturated heterocycles. The average Bonchev–Trinajstić information content (AvgIpc) is 2.84. The third-order valence-corrected chi connectivity index (χ3v) is 7.43. The van der Waals surface area contributed by atoms with Crippen LogP contribution in [0.3, 0.4) is 0 Å². The summed E-state index contributed by atoms with van der Waals surface area (Å²) in [5.41, 5.74) is 4.64. The van der Waals surface area contributed by atoms with Crippen LogP contribution in [0.2, 0.25) is 0 Å². The molecule has 5 rings (SSSR count). The van der Waals surface area contributed by atoms with Gasteiger partial charge in [0.15, 0.2) is 0 Å². The number of nitrogens with zero attached hydrogens (tertiary/aromatic N) is 3. The molecule has 7 heteroatoms. The predicted octanol–water partition coefficient (Wildman–Crippen LogP) is 3.04. The number of benzene rings is 1. The first-order valence-corrected chi connectivity index (χ1v) is 12.4. The van der Waals surface area contributed by atoms with Crippen LogP contribution in [0.5, 0.6) is 0 Å². The molecule has 33 heavy (non-hydrogen) atoms. The molecule has 3 atom stereocenters. The van der Waals surface area contributed by atoms with Gasteiger partial charge in [0.2, 0.25) is 11.9 Å². The zero-order valence-corrected chi connectivity index (χ0v) is 19.7. The summed E-state index contributed by atoms with van der Waals surface area (Å²) < 4.78 is 5.46. The van der Waals surface area contributed by atoms with Gasteiger partial charge in [0.05, 0.1) is 12.2 Å². The van der Waals surface area contributed by atoms with E-state index in [0.717, 1.165) is 63.2 Å². The monoisotopic (exact) mass is 449 g/mol. The summed E-state index contributed by atoms with van der Waals surface area (Å²) in [5.74, 6) is 1.13. The number of aromatic nitrogens is 2. The molecule has 0 aliphatic carbocycles. The van der Waals surface area contributed by atoms with E-state index in [-0.39, 0.29) is 23.8 Å². The van der Waals surface area contributed by atoms with Gasteiger partial charge in [-0.05, 0) is 57.2 Å². The molecule has 1 amide bonds. The summed E-state index contributed by atoms with van der Waals surface area (Å²) >= 11 is 0. The highest BCUT2D eigenvalue weighted by atomic mass is 16.5. The fourth-order valence-electron chi connectivity index (χ4n) is 5.50. The number of piperidine rings is 1. The third-order valence-electron chi connectivity index (χ3n) is 7.43. The van der Waals surface area contributed by atoms with Crippen molar-refractivity contribution in [1.82, 2.24) is 20.2 Å². The van der Waals surface area contributed by atoms with E-state index in [0.29, 0.717) is 18.5 Å². The van der Waals surface area contributed by atoms with E-state index in [9.17, 15) is 4.79 Å². The molecule has 176 valence electrons. The molecule has 2 aromatic rings. The molecule has 4 heterocycles. The maximum atomic E-state index is 13.9. The summed E-state index contributed by atoms with van der Waals surface area (Å²) in [6, 6.07) is 9.12. The van der Waals surface area contributed by atoms with Crippen LogP contribution in [0.15, 0.2) is 30.5 Å². The van der Waals surface area contributed by atoms with Crippen molar-refractivity contribution in [2.24, 2.45) is 5.92 Å². The normalized spacial score (nSPS) is 26.0. The fraction of sp³-hybridized carbons (Fsp3) is 0.577. The van der Waals surface area contributed by atoms with Crippen LogP contribution in [0, 0.1) is 12.8 Å². The van der Waals surface area contributed by atoms with Gasteiger partial charge in [-0.3, -0.25) is 4.79 Å². The first-order valence-electron chi connectivity index (χ1n) is 12.4. The van der Waals surface area contributed by atoms with E-state index in [4.69, 9.17) is 9.72 Å². The Bertz CT molecular complexity index is 990. The van der Waals surface area contributed by atoms with Gasteiger partial charge in [0, 0.05) is 49.9 Å². The quantitative estimate of drug-likeness (QED) is 0.747. The van der Waals surface area contributed by atoms with Gasteiger partial charge in [0.1, 0.15) is 0 Å². The molecule has 0 spiro atoms. The second kappa shape index (κ2) is 9.77. The maximum Gasteiger partial charge on any atom is 0.227 e. The highest BCUT2D eigenvalue weighted by Gasteiger charge is 2.38. The van der Waals surface area contributed by atoms with Gasteiger partial charge >= 0.3 is 0 Å². The highest BCUT2D eigenvalue weighted by molar-refractivity contribution is 5.81. The van der Waals surface area contributed by atoms with Crippen molar-refractivity contribution in [1.29, 1.82) is 0 Å². The lowest BCUT2D eigenvalue weighted by atomic mass is 9.79. The molecule has 3 aliphatic rings. The van der Waals surface area contributed by atoms with E-state index in [1.807, 2.05) is 6.20 Å². The van der Waals surface area contributed by atoms with Crippen molar-refractivity contribution in [2.75, 3.05) is 31.6 Å². The van der Waals surface area contributed by atoms with Crippen molar-refractivity contribution in [3.63, 3.8) is 0 Å². The number of amides is 1. The molecule has 0 unspecified atom stereocenters. The van der Waals surface area contributed by atoms with Crippen LogP contribution in [-0.2, 0) is 22.5 Å². The fourth-order valence-corrected chi connectivity index (χ4v) is 5.50. The van der Waals surface area contributed by atoms with Crippen LogP contribution >= 0.6 is 0 Å². The number of rotatable bonds is 4. The standard InChI is InChI=1S/C26H35N5O2/c1-17-4-3-5-19(12-17)23-15-27-9-6-22(23)25(32)31-16-24-20(13-18(31)2)14-28-26(30-24)29-21-7-10-33-11-8-21/h3-5,12,14,18,21-23,27H,6-11,13,15-16H2,1-2H3,(H,28,29,30)/t18-,22+,23-/m1/s1. The zero-order valence-electron chi connectivity index (χ0n) is 19.7. The second-order valence-electron chi connectivity index (χ2n) is 9.84. The number of hydrogen-bond acceptors (Lipinski definition) is 6. The smallest absolute Gasteiger partial charge is 0.227 e. The number of nitrogens with one attached hydrogen (secondary N) is 2. The number of fused-ring (bicyclic) bond motifs is 1. The number of anilines is 1. The first-order chi connectivity index (χ1) is 16.1. The summed E-state index contributed by atoms with van der Waals surface area (Å²) in [5, 5.41) is 6.97. The summed E-state index contributed by atoms with van der Waals surface area (Å²) in [6.07, 6.45) is 5.56. The molecule has 3 aliphatic heterocycles. The minimum absolute atomic E-state index is 0.00118. The minimum Gasteiger partial charge on any atom is -0.381 e. The van der Waals surface area contributed by atoms with Gasteiger partial charge in [-0.15, -0.1) is 0 Å². The second-order valence-corrected chi connectivity index (χ2v) is 9.84. The van der Waals surface area contributed by atoms with Crippen molar-refractivity contribution in [3.8, 4) is 0 Å². The van der Waals surface area contributed by atoms with E-state index in [2.05, 4.69) is 58.6 Å². The van der Waals surface area contributed by atoms with Gasteiger partial charge < -0.3 is 20.3 Å². The number of carbonyl (C=O) groups excluding carboxylic acids is 1. The largest absolute Gasteiger partial charge is 0.381 e. The van der Waals surface area contributed by atoms with Crippen LogP contribution in [0.1, 0.15) is 54.5 Å². The van der Waals surface area contributed by atoms with Crippen LogP contribution < -0.4 is 10.6 Å². The molecule has 1 aromatic heterocycles. The maximum absolute atomic E-state index is 13.9. The number of ether oxygens (including phenoxy) is 1. The van der Waals surface area contributed by atoms with Crippen molar-refractivity contribution in [2.45, 2.75) is 64.1 Å². The average molecular weight is 450 g/mol. The Hall–Kier alpha value is -2.51. The molecule has 2 fully saturated rings. The van der Waals surface area contributed by atoms with Gasteiger partial charge in [0.25, 0.3) is 0 Å². The van der Waals surface area contributed by atoms with E-state index in [1.165, 1.54) is 11.1 Å². The van der Waals surface area contributed by atoms with Crippen LogP contribution in [0.25, 0.3) is 0 Å². The number of carbonyl (C=O) groups is 1. The van der Waals surface area contributed by atoms with Gasteiger partial charge in [-0.2, -0.15) is 0 Å². The Morgan fingerprint density at radius 2 is 2.09 bits per heavy atom. The Morgan fingerprint density at radius 1 is 1.24 bits per heavy atom. The van der Waals surface area contributed by atoms with E-state index < -0.39 is 0 Å². The minimum atomic E-state index is -0.00118. The van der Waals surface area contributed by atoms with Crippen LogP contribution in [-0.4, -0.2) is 59.2 Å². The molecule has 1 aromatic carbocycles. The molecule has 0 bridgehead atoms. The van der Waals surface area contributed by atoms with Gasteiger partial charge in [-0.25, -0.2) is 9.97 Å². The van der Waals surface area contributed by atoms with Crippen molar-refractivity contribution >= 4 is 11.9 Å². The molecular weight excluding hydrogens is 414 g/mol. The van der Waals surface area contributed by atoms with E-state index >= 15 is 0 Å². The lowest BCUT2D eigenvalue weighted by Crippen LogP contribution is -2.50.